The van der Waals surface area contributed by atoms with Crippen LogP contribution in [-0.2, 0) is 15.8 Å². The number of nitrogens with one attached hydrogen (secondary N) is 1. The summed E-state index contributed by atoms with van der Waals surface area (Å²) in [4.78, 5) is 9.08. The number of piperazine rings is 1. The van der Waals surface area contributed by atoms with E-state index in [9.17, 15) is 8.42 Å². The van der Waals surface area contributed by atoms with Gasteiger partial charge in [0.25, 0.3) is 0 Å². The molecule has 1 aliphatic heterocycles. The quantitative estimate of drug-likeness (QED) is 0.499. The Morgan fingerprint density at radius 2 is 2.07 bits per heavy atom. The zero-order valence-electron chi connectivity index (χ0n) is 16.8. The molecule has 0 radical (unpaired) electrons. The lowest BCUT2D eigenvalue weighted by Crippen LogP contribution is -2.54. The summed E-state index contributed by atoms with van der Waals surface area (Å²) in [5, 5.41) is 7.01. The highest BCUT2D eigenvalue weighted by Crippen LogP contribution is 2.13. The fourth-order valence-electron chi connectivity index (χ4n) is 2.77. The van der Waals surface area contributed by atoms with Crippen molar-refractivity contribution in [1.82, 2.24) is 24.6 Å². The Hall–Kier alpha value is -1.65. The van der Waals surface area contributed by atoms with Crippen molar-refractivity contribution in [3.05, 3.63) is 18.0 Å². The van der Waals surface area contributed by atoms with Crippen molar-refractivity contribution in [1.29, 1.82) is 0 Å². The van der Waals surface area contributed by atoms with Crippen molar-refractivity contribution in [3.63, 3.8) is 0 Å². The summed E-state index contributed by atoms with van der Waals surface area (Å²) in [6, 6.07) is 2.07. The average Bonchev–Trinajstić information content (AvgIpc) is 3.13. The molecule has 2 heterocycles. The van der Waals surface area contributed by atoms with E-state index in [1.165, 1.54) is 10.6 Å². The van der Waals surface area contributed by atoms with E-state index in [-0.39, 0.29) is 5.75 Å². The SMILES string of the molecule is CCNC(=NCCN(C)C(C)C)N1CCN(S(=O)(=O)Cc2ccon2)CC1. The Kier molecular flexibility index (Phi) is 8.06. The van der Waals surface area contributed by atoms with Gasteiger partial charge in [-0.1, -0.05) is 5.16 Å². The number of hydrogen-bond donors (Lipinski definition) is 1. The predicted molar refractivity (Wildman–Crippen MR) is 106 cm³/mol. The zero-order chi connectivity index (χ0) is 19.9. The molecular weight excluding hydrogens is 368 g/mol. The molecule has 0 bridgehead atoms. The highest BCUT2D eigenvalue weighted by molar-refractivity contribution is 7.88. The first-order valence-electron chi connectivity index (χ1n) is 9.44. The van der Waals surface area contributed by atoms with Crippen molar-refractivity contribution in [2.24, 2.45) is 4.99 Å². The van der Waals surface area contributed by atoms with Crippen molar-refractivity contribution < 1.29 is 12.9 Å². The number of hydrogen-bond acceptors (Lipinski definition) is 6. The molecule has 1 aromatic heterocycles. The summed E-state index contributed by atoms with van der Waals surface area (Å²) in [6.45, 7) is 10.8. The minimum atomic E-state index is -3.39. The third kappa shape index (κ3) is 6.47. The van der Waals surface area contributed by atoms with Gasteiger partial charge in [-0.15, -0.1) is 0 Å². The van der Waals surface area contributed by atoms with Crippen molar-refractivity contribution in [2.45, 2.75) is 32.6 Å². The van der Waals surface area contributed by atoms with Gasteiger partial charge in [0, 0.05) is 51.4 Å². The van der Waals surface area contributed by atoms with E-state index >= 15 is 0 Å². The van der Waals surface area contributed by atoms with E-state index in [0.717, 1.165) is 19.0 Å². The molecule has 2 rings (SSSR count). The van der Waals surface area contributed by atoms with Crippen molar-refractivity contribution in [3.8, 4) is 0 Å². The van der Waals surface area contributed by atoms with Crippen LogP contribution in [0.2, 0.25) is 0 Å². The van der Waals surface area contributed by atoms with Crippen molar-refractivity contribution >= 4 is 16.0 Å². The summed E-state index contributed by atoms with van der Waals surface area (Å²) in [5.74, 6) is 0.724. The number of rotatable bonds is 8. The van der Waals surface area contributed by atoms with E-state index in [4.69, 9.17) is 9.52 Å². The van der Waals surface area contributed by atoms with Crippen LogP contribution in [0.3, 0.4) is 0 Å². The van der Waals surface area contributed by atoms with E-state index in [1.54, 1.807) is 6.07 Å². The average molecular weight is 401 g/mol. The van der Waals surface area contributed by atoms with Gasteiger partial charge in [-0.05, 0) is 27.8 Å². The van der Waals surface area contributed by atoms with Crippen LogP contribution in [0.25, 0.3) is 0 Å². The third-order valence-corrected chi connectivity index (χ3v) is 6.50. The molecule has 0 amide bonds. The number of aliphatic imine (C=N–C) groups is 1. The second kappa shape index (κ2) is 10.0. The van der Waals surface area contributed by atoms with E-state index < -0.39 is 10.0 Å². The molecule has 1 aromatic rings. The second-order valence-corrected chi connectivity index (χ2v) is 8.91. The molecular formula is C17H32N6O3S. The molecule has 27 heavy (non-hydrogen) atoms. The lowest BCUT2D eigenvalue weighted by molar-refractivity contribution is 0.257. The van der Waals surface area contributed by atoms with Gasteiger partial charge < -0.3 is 19.6 Å². The fourth-order valence-corrected chi connectivity index (χ4v) is 4.19. The van der Waals surface area contributed by atoms with E-state index in [2.05, 4.69) is 41.2 Å². The van der Waals surface area contributed by atoms with Crippen LogP contribution in [0.15, 0.2) is 21.8 Å². The molecule has 1 saturated heterocycles. The summed E-state index contributed by atoms with van der Waals surface area (Å²) < 4.78 is 31.3. The van der Waals surface area contributed by atoms with Crippen LogP contribution in [0.1, 0.15) is 26.5 Å². The minimum absolute atomic E-state index is 0.126. The van der Waals surface area contributed by atoms with Gasteiger partial charge in [0.2, 0.25) is 10.0 Å². The highest BCUT2D eigenvalue weighted by Gasteiger charge is 2.28. The molecule has 10 heteroatoms. The third-order valence-electron chi connectivity index (χ3n) is 4.68. The minimum Gasteiger partial charge on any atom is -0.364 e. The van der Waals surface area contributed by atoms with Crippen LogP contribution in [-0.4, -0.2) is 92.5 Å². The Labute approximate surface area is 162 Å². The Bertz CT molecular complexity index is 682. The maximum Gasteiger partial charge on any atom is 0.220 e. The maximum atomic E-state index is 12.5. The van der Waals surface area contributed by atoms with Crippen LogP contribution < -0.4 is 5.32 Å². The van der Waals surface area contributed by atoms with Crippen LogP contribution in [0.5, 0.6) is 0 Å². The Morgan fingerprint density at radius 3 is 2.63 bits per heavy atom. The first-order valence-corrected chi connectivity index (χ1v) is 11.0. The number of sulfonamides is 1. The molecule has 154 valence electrons. The monoisotopic (exact) mass is 400 g/mol. The second-order valence-electron chi connectivity index (χ2n) is 6.94. The number of nitrogens with zero attached hydrogens (tertiary/aromatic N) is 5. The molecule has 0 aromatic carbocycles. The molecule has 0 aliphatic carbocycles. The Morgan fingerprint density at radius 1 is 1.37 bits per heavy atom. The first kappa shape index (κ1) is 21.6. The molecule has 1 fully saturated rings. The Balaban J connectivity index is 1.90. The maximum absolute atomic E-state index is 12.5. The molecule has 1 aliphatic rings. The molecule has 0 atom stereocenters. The fraction of sp³-hybridized carbons (Fsp3) is 0.765. The summed E-state index contributed by atoms with van der Waals surface area (Å²) >= 11 is 0. The molecule has 0 spiro atoms. The molecule has 0 unspecified atom stereocenters. The van der Waals surface area contributed by atoms with Crippen molar-refractivity contribution in [2.75, 3.05) is 52.9 Å². The van der Waals surface area contributed by atoms with Gasteiger partial charge in [0.1, 0.15) is 12.0 Å². The number of likely N-dealkylation sites (N-methyl/N-ethyl adjacent to an activating group) is 1. The normalized spacial score (nSPS) is 17.1. The van der Waals surface area contributed by atoms with Gasteiger partial charge in [-0.25, -0.2) is 8.42 Å². The lowest BCUT2D eigenvalue weighted by Gasteiger charge is -2.35. The van der Waals surface area contributed by atoms with Gasteiger partial charge in [-0.2, -0.15) is 4.31 Å². The summed E-state index contributed by atoms with van der Waals surface area (Å²) in [6.07, 6.45) is 1.39. The van der Waals surface area contributed by atoms with Gasteiger partial charge >= 0.3 is 0 Å². The molecule has 1 N–H and O–H groups in total. The van der Waals surface area contributed by atoms with Crippen LogP contribution >= 0.6 is 0 Å². The summed E-state index contributed by atoms with van der Waals surface area (Å²) in [5.41, 5.74) is 0.432. The summed E-state index contributed by atoms with van der Waals surface area (Å²) in [7, 11) is -1.30. The lowest BCUT2D eigenvalue weighted by atomic mass is 10.3. The largest absolute Gasteiger partial charge is 0.364 e. The number of guanidine groups is 1. The van der Waals surface area contributed by atoms with Gasteiger partial charge in [0.05, 0.1) is 12.2 Å². The van der Waals surface area contributed by atoms with Crippen LogP contribution in [0, 0.1) is 0 Å². The molecule has 0 saturated carbocycles. The van der Waals surface area contributed by atoms with Gasteiger partial charge in [0.15, 0.2) is 5.96 Å². The standard InChI is InChI=1S/C17H32N6O3S/c1-5-18-17(19-7-8-21(4)15(2)3)22-9-11-23(12-10-22)27(24,25)14-16-6-13-26-20-16/h6,13,15H,5,7-12,14H2,1-4H3,(H,18,19). The zero-order valence-corrected chi connectivity index (χ0v) is 17.6. The van der Waals surface area contributed by atoms with Gasteiger partial charge in [-0.3, -0.25) is 4.99 Å². The van der Waals surface area contributed by atoms with E-state index in [1.807, 2.05) is 6.92 Å². The predicted octanol–water partition coefficient (Wildman–Crippen LogP) is 0.428. The van der Waals surface area contributed by atoms with E-state index in [0.29, 0.717) is 44.5 Å². The smallest absolute Gasteiger partial charge is 0.220 e. The topological polar surface area (TPSA) is 94.3 Å². The van der Waals surface area contributed by atoms with Crippen LogP contribution in [0.4, 0.5) is 0 Å². The molecule has 9 nitrogen and oxygen atoms in total. The highest BCUT2D eigenvalue weighted by atomic mass is 32.2. The number of aromatic nitrogens is 1. The first-order chi connectivity index (χ1) is 12.8.